The van der Waals surface area contributed by atoms with Crippen molar-refractivity contribution in [3.63, 3.8) is 0 Å². The normalized spacial score (nSPS) is 24.5. The van der Waals surface area contributed by atoms with E-state index in [0.29, 0.717) is 30.3 Å². The second-order valence-electron chi connectivity index (χ2n) is 7.73. The average molecular weight is 386 g/mol. The van der Waals surface area contributed by atoms with Crippen molar-refractivity contribution in [2.45, 2.75) is 25.1 Å². The van der Waals surface area contributed by atoms with Gasteiger partial charge in [-0.3, -0.25) is 0 Å². The highest BCUT2D eigenvalue weighted by atomic mass is 16.4. The fraction of sp³-hybridized carbons (Fsp3) is 0.450. The number of aliphatic hydroxyl groups is 2. The number of allylic oxidation sites excluding steroid dienone is 1. The number of benzene rings is 1. The number of aliphatic hydroxyl groups excluding tert-OH is 2. The van der Waals surface area contributed by atoms with E-state index in [1.54, 1.807) is 0 Å². The fourth-order valence-electron chi connectivity index (χ4n) is 4.22. The number of carboxylic acid groups (broad SMARTS) is 1. The molecule has 0 radical (unpaired) electrons. The number of anilines is 2. The molecule has 150 valence electrons. The predicted octanol–water partition coefficient (Wildman–Crippen LogP) is 1.17. The summed E-state index contributed by atoms with van der Waals surface area (Å²) in [5.74, 6) is -1.68. The SMILES string of the molecule is CN(C)C1CCN(c2ccc3c(c2)NCCC2=C3NC(O)C(C(=O)O)=C2O)C1. The van der Waals surface area contributed by atoms with Gasteiger partial charge in [-0.05, 0) is 45.1 Å². The molecule has 3 aliphatic heterocycles. The van der Waals surface area contributed by atoms with Crippen LogP contribution in [0.5, 0.6) is 0 Å². The Morgan fingerprint density at radius 1 is 1.32 bits per heavy atom. The lowest BCUT2D eigenvalue weighted by atomic mass is 9.95. The molecule has 3 heterocycles. The average Bonchev–Trinajstić information content (AvgIpc) is 3.06. The molecule has 28 heavy (non-hydrogen) atoms. The van der Waals surface area contributed by atoms with E-state index >= 15 is 0 Å². The monoisotopic (exact) mass is 386 g/mol. The minimum atomic E-state index is -1.46. The Bertz CT molecular complexity index is 877. The van der Waals surface area contributed by atoms with Gasteiger partial charge in [0.05, 0.1) is 5.70 Å². The Hall–Kier alpha value is -2.71. The summed E-state index contributed by atoms with van der Waals surface area (Å²) in [5, 5.41) is 36.2. The zero-order chi connectivity index (χ0) is 20.0. The van der Waals surface area contributed by atoms with Crippen molar-refractivity contribution in [1.29, 1.82) is 0 Å². The predicted molar refractivity (Wildman–Crippen MR) is 107 cm³/mol. The molecule has 1 fully saturated rings. The van der Waals surface area contributed by atoms with Gasteiger partial charge < -0.3 is 35.8 Å². The molecular weight excluding hydrogens is 360 g/mol. The van der Waals surface area contributed by atoms with Crippen LogP contribution in [-0.4, -0.2) is 72.2 Å². The second kappa shape index (κ2) is 7.03. The van der Waals surface area contributed by atoms with Gasteiger partial charge >= 0.3 is 5.97 Å². The Labute approximate surface area is 163 Å². The molecule has 0 saturated carbocycles. The van der Waals surface area contributed by atoms with Crippen molar-refractivity contribution in [2.75, 3.05) is 43.9 Å². The van der Waals surface area contributed by atoms with E-state index in [-0.39, 0.29) is 5.76 Å². The Morgan fingerprint density at radius 2 is 2.11 bits per heavy atom. The first-order chi connectivity index (χ1) is 13.4. The first-order valence-electron chi connectivity index (χ1n) is 9.51. The van der Waals surface area contributed by atoms with Crippen LogP contribution in [0.25, 0.3) is 5.70 Å². The number of carbonyl (C=O) groups is 1. The summed E-state index contributed by atoms with van der Waals surface area (Å²) < 4.78 is 0. The second-order valence-corrected chi connectivity index (χ2v) is 7.73. The molecule has 4 rings (SSSR count). The number of hydrogen-bond donors (Lipinski definition) is 5. The molecule has 2 unspecified atom stereocenters. The van der Waals surface area contributed by atoms with Gasteiger partial charge in [0, 0.05) is 48.2 Å². The molecule has 5 N–H and O–H groups in total. The van der Waals surface area contributed by atoms with Gasteiger partial charge in [-0.1, -0.05) is 0 Å². The van der Waals surface area contributed by atoms with Crippen LogP contribution in [0.2, 0.25) is 0 Å². The van der Waals surface area contributed by atoms with Gasteiger partial charge in [0.15, 0.2) is 6.23 Å². The summed E-state index contributed by atoms with van der Waals surface area (Å²) in [6.07, 6.45) is 0.118. The van der Waals surface area contributed by atoms with Crippen molar-refractivity contribution in [3.05, 3.63) is 40.7 Å². The molecule has 0 spiro atoms. The number of nitrogens with one attached hydrogen (secondary N) is 2. The Morgan fingerprint density at radius 3 is 2.79 bits per heavy atom. The molecule has 8 nitrogen and oxygen atoms in total. The van der Waals surface area contributed by atoms with E-state index in [1.165, 1.54) is 0 Å². The third-order valence-electron chi connectivity index (χ3n) is 5.85. The molecule has 0 amide bonds. The van der Waals surface area contributed by atoms with Gasteiger partial charge in [0.25, 0.3) is 0 Å². The first kappa shape index (κ1) is 18.6. The Kier molecular flexibility index (Phi) is 4.68. The number of carboxylic acids is 1. The number of dihydropyridines is 1. The molecule has 8 heteroatoms. The third-order valence-corrected chi connectivity index (χ3v) is 5.85. The lowest BCUT2D eigenvalue weighted by molar-refractivity contribution is -0.134. The summed E-state index contributed by atoms with van der Waals surface area (Å²) in [6, 6.07) is 6.62. The molecule has 1 aromatic rings. The van der Waals surface area contributed by atoms with Crippen LogP contribution in [-0.2, 0) is 4.79 Å². The highest BCUT2D eigenvalue weighted by Gasteiger charge is 2.34. The van der Waals surface area contributed by atoms with Crippen LogP contribution < -0.4 is 15.5 Å². The van der Waals surface area contributed by atoms with Gasteiger partial charge in [-0.15, -0.1) is 0 Å². The number of aliphatic carboxylic acids is 1. The number of rotatable bonds is 3. The molecule has 2 atom stereocenters. The van der Waals surface area contributed by atoms with E-state index in [0.717, 1.165) is 36.4 Å². The zero-order valence-electron chi connectivity index (χ0n) is 16.1. The summed E-state index contributed by atoms with van der Waals surface area (Å²) in [5.41, 5.74) is 3.52. The maximum Gasteiger partial charge on any atom is 0.339 e. The highest BCUT2D eigenvalue weighted by molar-refractivity contribution is 5.93. The van der Waals surface area contributed by atoms with Crippen LogP contribution in [0.1, 0.15) is 18.4 Å². The number of hydrogen-bond acceptors (Lipinski definition) is 7. The van der Waals surface area contributed by atoms with E-state index in [1.807, 2.05) is 12.1 Å². The molecule has 0 aliphatic carbocycles. The van der Waals surface area contributed by atoms with Crippen molar-refractivity contribution < 1.29 is 20.1 Å². The standard InChI is InChI=1S/C20H26N4O4/c1-23(2)12-6-8-24(10-12)11-3-4-13-15(9-11)21-7-5-14-17(13)22-19(26)16(18(14)25)20(27)28/h3-4,9,12,19,21-22,25-26H,5-8,10H2,1-2H3,(H,27,28). The quantitative estimate of drug-likeness (QED) is 0.527. The van der Waals surface area contributed by atoms with E-state index in [4.69, 9.17) is 0 Å². The van der Waals surface area contributed by atoms with Crippen molar-refractivity contribution in [1.82, 2.24) is 10.2 Å². The van der Waals surface area contributed by atoms with Gasteiger partial charge in [-0.25, -0.2) is 4.79 Å². The summed E-state index contributed by atoms with van der Waals surface area (Å²) in [4.78, 5) is 16.0. The lowest BCUT2D eigenvalue weighted by Gasteiger charge is -2.27. The van der Waals surface area contributed by atoms with E-state index in [2.05, 4.69) is 40.6 Å². The molecular formula is C20H26N4O4. The molecule has 0 bridgehead atoms. The molecule has 3 aliphatic rings. The molecule has 1 saturated heterocycles. The highest BCUT2D eigenvalue weighted by Crippen LogP contribution is 2.38. The van der Waals surface area contributed by atoms with Crippen LogP contribution in [0.4, 0.5) is 11.4 Å². The van der Waals surface area contributed by atoms with Gasteiger partial charge in [0.2, 0.25) is 0 Å². The topological polar surface area (TPSA) is 108 Å². The van der Waals surface area contributed by atoms with E-state index < -0.39 is 17.8 Å². The number of nitrogens with zero attached hydrogens (tertiary/aromatic N) is 2. The first-order valence-corrected chi connectivity index (χ1v) is 9.51. The smallest absolute Gasteiger partial charge is 0.339 e. The number of fused-ring (bicyclic) bond motifs is 2. The van der Waals surface area contributed by atoms with Crippen LogP contribution in [0.15, 0.2) is 35.1 Å². The summed E-state index contributed by atoms with van der Waals surface area (Å²) in [6.45, 7) is 2.53. The minimum absolute atomic E-state index is 0.346. The van der Waals surface area contributed by atoms with Crippen LogP contribution in [0.3, 0.4) is 0 Å². The molecule has 1 aromatic carbocycles. The maximum absolute atomic E-state index is 11.4. The van der Waals surface area contributed by atoms with Crippen molar-refractivity contribution in [2.24, 2.45) is 0 Å². The fourth-order valence-corrected chi connectivity index (χ4v) is 4.22. The van der Waals surface area contributed by atoms with Crippen molar-refractivity contribution >= 4 is 23.0 Å². The van der Waals surface area contributed by atoms with Crippen LogP contribution >= 0.6 is 0 Å². The number of likely N-dealkylation sites (N-methyl/N-ethyl adjacent to an activating group) is 1. The summed E-state index contributed by atoms with van der Waals surface area (Å²) in [7, 11) is 4.21. The maximum atomic E-state index is 11.4. The van der Waals surface area contributed by atoms with Gasteiger partial charge in [0.1, 0.15) is 11.3 Å². The van der Waals surface area contributed by atoms with Gasteiger partial charge in [-0.2, -0.15) is 0 Å². The Balaban J connectivity index is 1.70. The van der Waals surface area contributed by atoms with Crippen LogP contribution in [0, 0.1) is 0 Å². The molecule has 0 aromatic heterocycles. The minimum Gasteiger partial charge on any atom is -0.507 e. The largest absolute Gasteiger partial charge is 0.507 e. The lowest BCUT2D eigenvalue weighted by Crippen LogP contribution is -2.37. The van der Waals surface area contributed by atoms with Crippen molar-refractivity contribution in [3.8, 4) is 0 Å². The van der Waals surface area contributed by atoms with E-state index in [9.17, 15) is 20.1 Å². The zero-order valence-corrected chi connectivity index (χ0v) is 16.1. The summed E-state index contributed by atoms with van der Waals surface area (Å²) >= 11 is 0. The third kappa shape index (κ3) is 3.08.